The number of rotatable bonds is 10. The number of sulfone groups is 1. The van der Waals surface area contributed by atoms with Gasteiger partial charge in [0.15, 0.2) is 5.75 Å². The minimum atomic E-state index is -3.89. The van der Waals surface area contributed by atoms with Crippen LogP contribution in [0.3, 0.4) is 0 Å². The van der Waals surface area contributed by atoms with Crippen molar-refractivity contribution < 1.29 is 28.1 Å². The number of ether oxygens (including phenoxy) is 2. The normalized spacial score (nSPS) is 13.7. The summed E-state index contributed by atoms with van der Waals surface area (Å²) in [6.07, 6.45) is -0.946. The maximum atomic E-state index is 12.9. The van der Waals surface area contributed by atoms with Crippen LogP contribution in [0.2, 0.25) is 10.0 Å². The predicted octanol–water partition coefficient (Wildman–Crippen LogP) is 3.95. The molecular weight excluding hydrogens is 463 g/mol. The molecule has 2 rings (SSSR count). The summed E-state index contributed by atoms with van der Waals surface area (Å²) in [5.74, 6) is 0.475. The molecule has 6 nitrogen and oxygen atoms in total. The Bertz CT molecular complexity index is 895. The van der Waals surface area contributed by atoms with Crippen LogP contribution in [0, 0.1) is 0 Å². The number of hydrogen-bond acceptors (Lipinski definition) is 6. The molecular formula is C19H21Cl3O6S. The molecule has 2 N–H and O–H groups in total. The zero-order chi connectivity index (χ0) is 21.6. The summed E-state index contributed by atoms with van der Waals surface area (Å²) in [5, 5.41) is 19.0. The Morgan fingerprint density at radius 1 is 0.931 bits per heavy atom. The summed E-state index contributed by atoms with van der Waals surface area (Å²) in [7, 11) is -3.89. The number of alkyl halides is 1. The van der Waals surface area contributed by atoms with E-state index in [1.54, 1.807) is 0 Å². The Labute approximate surface area is 184 Å². The predicted molar refractivity (Wildman–Crippen MR) is 112 cm³/mol. The van der Waals surface area contributed by atoms with Gasteiger partial charge in [0.1, 0.15) is 25.1 Å². The molecule has 2 atom stereocenters. The first-order chi connectivity index (χ1) is 13.7. The molecule has 10 heteroatoms. The molecule has 160 valence electrons. The van der Waals surface area contributed by atoms with Crippen LogP contribution in [0.4, 0.5) is 0 Å². The van der Waals surface area contributed by atoms with Crippen molar-refractivity contribution in [1.82, 2.24) is 0 Å². The lowest BCUT2D eigenvalue weighted by atomic mass is 10.3. The topological polar surface area (TPSA) is 93.1 Å². The molecule has 0 aromatic heterocycles. The SMILES string of the molecule is CC[C@@H](O)COc1ccc(S(=O)(=O)c2cc(Cl)c(OC[C@@H](O)CCl)c(Cl)c2)cc1. The third-order valence-electron chi connectivity index (χ3n) is 3.93. The Morgan fingerprint density at radius 3 is 2.00 bits per heavy atom. The third-order valence-corrected chi connectivity index (χ3v) is 6.59. The lowest BCUT2D eigenvalue weighted by molar-refractivity contribution is 0.104. The van der Waals surface area contributed by atoms with Crippen molar-refractivity contribution in [3.63, 3.8) is 0 Å². The second-order valence-electron chi connectivity index (χ2n) is 6.18. The van der Waals surface area contributed by atoms with Crippen LogP contribution in [0.1, 0.15) is 13.3 Å². The number of hydrogen-bond donors (Lipinski definition) is 2. The zero-order valence-electron chi connectivity index (χ0n) is 15.5. The highest BCUT2D eigenvalue weighted by atomic mass is 35.5. The van der Waals surface area contributed by atoms with E-state index in [4.69, 9.17) is 44.3 Å². The molecule has 0 unspecified atom stereocenters. The second-order valence-corrected chi connectivity index (χ2v) is 9.26. The minimum absolute atomic E-state index is 0.00801. The molecule has 0 amide bonds. The largest absolute Gasteiger partial charge is 0.491 e. The average Bonchev–Trinajstić information content (AvgIpc) is 2.71. The quantitative estimate of drug-likeness (QED) is 0.497. The molecule has 0 saturated heterocycles. The molecule has 0 aliphatic carbocycles. The van der Waals surface area contributed by atoms with Gasteiger partial charge in [-0.15, -0.1) is 11.6 Å². The highest BCUT2D eigenvalue weighted by molar-refractivity contribution is 7.91. The Kier molecular flexibility index (Phi) is 8.88. The molecule has 0 spiro atoms. The summed E-state index contributed by atoms with van der Waals surface area (Å²) in [6.45, 7) is 1.81. The molecule has 0 bridgehead atoms. The fourth-order valence-corrected chi connectivity index (χ4v) is 4.34. The van der Waals surface area contributed by atoms with Gasteiger partial charge in [-0.2, -0.15) is 0 Å². The van der Waals surface area contributed by atoms with Crippen LogP contribution in [0.25, 0.3) is 0 Å². The van der Waals surface area contributed by atoms with Crippen molar-refractivity contribution >= 4 is 44.6 Å². The Balaban J connectivity index is 2.22. The van der Waals surface area contributed by atoms with Crippen molar-refractivity contribution in [1.29, 1.82) is 0 Å². The lowest BCUT2D eigenvalue weighted by Gasteiger charge is -2.14. The molecule has 0 aliphatic heterocycles. The lowest BCUT2D eigenvalue weighted by Crippen LogP contribution is -2.19. The van der Waals surface area contributed by atoms with Crippen molar-refractivity contribution in [2.75, 3.05) is 19.1 Å². The maximum absolute atomic E-state index is 12.9. The van der Waals surface area contributed by atoms with Gasteiger partial charge in [0.25, 0.3) is 0 Å². The van der Waals surface area contributed by atoms with E-state index >= 15 is 0 Å². The Hall–Kier alpha value is -1.22. The van der Waals surface area contributed by atoms with Gasteiger partial charge in [0.05, 0.1) is 31.8 Å². The standard InChI is InChI=1S/C19H21Cl3O6S/c1-2-12(23)10-27-14-3-5-15(6-4-14)29(25,26)16-7-17(21)19(18(22)8-16)28-11-13(24)9-20/h3-8,12-13,23-24H,2,9-11H2,1H3/t12-,13+/m1/s1. The molecule has 29 heavy (non-hydrogen) atoms. The van der Waals surface area contributed by atoms with Crippen LogP contribution in [0.15, 0.2) is 46.2 Å². The first-order valence-corrected chi connectivity index (χ1v) is 11.5. The van der Waals surface area contributed by atoms with Crippen LogP contribution in [-0.2, 0) is 9.84 Å². The van der Waals surface area contributed by atoms with Gasteiger partial charge in [-0.05, 0) is 42.8 Å². The van der Waals surface area contributed by atoms with E-state index in [0.717, 1.165) is 0 Å². The molecule has 2 aromatic carbocycles. The van der Waals surface area contributed by atoms with Crippen LogP contribution >= 0.6 is 34.8 Å². The van der Waals surface area contributed by atoms with Gasteiger partial charge in [0, 0.05) is 0 Å². The molecule has 0 radical (unpaired) electrons. The van der Waals surface area contributed by atoms with Gasteiger partial charge in [0.2, 0.25) is 9.84 Å². The number of benzene rings is 2. The van der Waals surface area contributed by atoms with E-state index < -0.39 is 22.0 Å². The van der Waals surface area contributed by atoms with Gasteiger partial charge < -0.3 is 19.7 Å². The summed E-state index contributed by atoms with van der Waals surface area (Å²) < 4.78 is 36.5. The molecule has 0 heterocycles. The van der Waals surface area contributed by atoms with Crippen LogP contribution in [0.5, 0.6) is 11.5 Å². The molecule has 2 aromatic rings. The van der Waals surface area contributed by atoms with Gasteiger partial charge in [-0.25, -0.2) is 8.42 Å². The Morgan fingerprint density at radius 2 is 1.48 bits per heavy atom. The number of halogens is 3. The first kappa shape index (κ1) is 24.1. The average molecular weight is 484 g/mol. The minimum Gasteiger partial charge on any atom is -0.491 e. The highest BCUT2D eigenvalue weighted by Crippen LogP contribution is 2.37. The van der Waals surface area contributed by atoms with E-state index in [-0.39, 0.29) is 44.7 Å². The van der Waals surface area contributed by atoms with Crippen molar-refractivity contribution in [2.24, 2.45) is 0 Å². The molecule has 0 fully saturated rings. The summed E-state index contributed by atoms with van der Waals surface area (Å²) in [6, 6.07) is 8.26. The van der Waals surface area contributed by atoms with Crippen molar-refractivity contribution in [3.8, 4) is 11.5 Å². The van der Waals surface area contributed by atoms with Crippen LogP contribution < -0.4 is 9.47 Å². The monoisotopic (exact) mass is 482 g/mol. The van der Waals surface area contributed by atoms with E-state index in [9.17, 15) is 18.6 Å². The summed E-state index contributed by atoms with van der Waals surface area (Å²) >= 11 is 17.8. The molecule has 0 saturated carbocycles. The van der Waals surface area contributed by atoms with Crippen LogP contribution in [-0.4, -0.2) is 49.9 Å². The summed E-state index contributed by atoms with van der Waals surface area (Å²) in [5.41, 5.74) is 0. The van der Waals surface area contributed by atoms with Gasteiger partial charge >= 0.3 is 0 Å². The first-order valence-electron chi connectivity index (χ1n) is 8.70. The fraction of sp³-hybridized carbons (Fsp3) is 0.368. The van der Waals surface area contributed by atoms with Crippen molar-refractivity contribution in [3.05, 3.63) is 46.4 Å². The fourth-order valence-electron chi connectivity index (χ4n) is 2.22. The van der Waals surface area contributed by atoms with Crippen molar-refractivity contribution in [2.45, 2.75) is 35.3 Å². The van der Waals surface area contributed by atoms with Gasteiger partial charge in [-0.1, -0.05) is 30.1 Å². The number of aliphatic hydroxyl groups excluding tert-OH is 2. The van der Waals surface area contributed by atoms with E-state index in [1.165, 1.54) is 36.4 Å². The zero-order valence-corrected chi connectivity index (χ0v) is 18.6. The van der Waals surface area contributed by atoms with E-state index in [0.29, 0.717) is 12.2 Å². The smallest absolute Gasteiger partial charge is 0.206 e. The van der Waals surface area contributed by atoms with E-state index in [2.05, 4.69) is 0 Å². The summed E-state index contributed by atoms with van der Waals surface area (Å²) in [4.78, 5) is -0.0768. The van der Waals surface area contributed by atoms with E-state index in [1.807, 2.05) is 6.92 Å². The second kappa shape index (κ2) is 10.7. The third kappa shape index (κ3) is 6.38. The number of aliphatic hydroxyl groups is 2. The highest BCUT2D eigenvalue weighted by Gasteiger charge is 2.22. The van der Waals surface area contributed by atoms with Gasteiger partial charge in [-0.3, -0.25) is 0 Å². The maximum Gasteiger partial charge on any atom is 0.206 e. The molecule has 0 aliphatic rings.